The highest BCUT2D eigenvalue weighted by atomic mass is 32.1. The average Bonchev–Trinajstić information content (AvgIpc) is 3.64. The van der Waals surface area contributed by atoms with Crippen LogP contribution in [-0.4, -0.2) is 39.7 Å². The molecule has 0 aliphatic rings. The lowest BCUT2D eigenvalue weighted by molar-refractivity contribution is 0.561. The summed E-state index contributed by atoms with van der Waals surface area (Å²) in [6.07, 6.45) is 8.66. The molecule has 6 aromatic rings. The molecule has 0 saturated heterocycles. The third-order valence-corrected chi connectivity index (χ3v) is 5.10. The molecule has 186 valence electrons. The van der Waals surface area contributed by atoms with E-state index in [-0.39, 0.29) is 0 Å². The zero-order valence-corrected chi connectivity index (χ0v) is 22.4. The van der Waals surface area contributed by atoms with E-state index in [1.54, 1.807) is 48.4 Å². The van der Waals surface area contributed by atoms with Gasteiger partial charge < -0.3 is 4.42 Å². The Bertz CT molecular complexity index is 1220. The zero-order valence-electron chi connectivity index (χ0n) is 20.8. The summed E-state index contributed by atoms with van der Waals surface area (Å²) in [6, 6.07) is 13.3. The van der Waals surface area contributed by atoms with Gasteiger partial charge in [-0.15, -0.1) is 16.4 Å². The second-order valence-corrected chi connectivity index (χ2v) is 9.03. The topological polar surface area (TPSA) is 116 Å². The van der Waals surface area contributed by atoms with Gasteiger partial charge in [-0.1, -0.05) is 16.6 Å². The molecule has 0 fully saturated rings. The second kappa shape index (κ2) is 16.6. The van der Waals surface area contributed by atoms with Gasteiger partial charge in [0.05, 0.1) is 16.9 Å². The summed E-state index contributed by atoms with van der Waals surface area (Å²) in [4.78, 5) is 17.0. The van der Waals surface area contributed by atoms with Crippen molar-refractivity contribution in [3.63, 3.8) is 0 Å². The number of hydrogen-bond donors (Lipinski definition) is 0. The first-order chi connectivity index (χ1) is 17.4. The van der Waals surface area contributed by atoms with Gasteiger partial charge in [-0.25, -0.2) is 15.0 Å². The summed E-state index contributed by atoms with van der Waals surface area (Å²) in [6.45, 7) is 9.59. The molecule has 0 bridgehead atoms. The number of fused-ring (bicyclic) bond motifs is 1. The predicted molar refractivity (Wildman–Crippen MR) is 144 cm³/mol. The molecule has 5 heterocycles. The van der Waals surface area contributed by atoms with Gasteiger partial charge in [0, 0.05) is 42.0 Å². The second-order valence-electron chi connectivity index (χ2n) is 6.94. The van der Waals surface area contributed by atoms with Crippen molar-refractivity contribution in [2.24, 2.45) is 0 Å². The maximum Gasteiger partial charge on any atom is 0.192 e. The quantitative estimate of drug-likeness (QED) is 0.237. The molecule has 1 aromatic carbocycles. The highest BCUT2D eigenvalue weighted by molar-refractivity contribution is 7.09. The van der Waals surface area contributed by atoms with Gasteiger partial charge in [0.25, 0.3) is 0 Å². The van der Waals surface area contributed by atoms with E-state index >= 15 is 0 Å². The van der Waals surface area contributed by atoms with E-state index in [1.807, 2.05) is 76.4 Å². The van der Waals surface area contributed by atoms with E-state index in [0.717, 1.165) is 38.4 Å². The summed E-state index contributed by atoms with van der Waals surface area (Å²) < 4.78 is 8.87. The number of nitrogens with zero attached hydrogens (tertiary/aromatic N) is 8. The number of oxazole rings is 1. The molecule has 9 nitrogen and oxygen atoms in total. The summed E-state index contributed by atoms with van der Waals surface area (Å²) >= 11 is 3.08. The first kappa shape index (κ1) is 28.3. The molecule has 11 heteroatoms. The SMILES string of the molecule is Cc1cccnn1.Cc1cnns1.Cc1nc2ccccc2o1.Cc1ncccn1.Cc1nccs1. The Morgan fingerprint density at radius 1 is 0.750 bits per heavy atom. The third kappa shape index (κ3) is 12.5. The lowest BCUT2D eigenvalue weighted by Crippen LogP contribution is -1.80. The maximum atomic E-state index is 5.26. The van der Waals surface area contributed by atoms with Gasteiger partial charge in [-0.05, 0) is 69.6 Å². The molecule has 0 aliphatic heterocycles. The van der Waals surface area contributed by atoms with E-state index in [2.05, 4.69) is 39.7 Å². The molecule has 0 saturated carbocycles. The summed E-state index contributed by atoms with van der Waals surface area (Å²) in [5.41, 5.74) is 2.75. The van der Waals surface area contributed by atoms with Gasteiger partial charge in [0.1, 0.15) is 11.3 Å². The lowest BCUT2D eigenvalue weighted by Gasteiger charge is -1.81. The van der Waals surface area contributed by atoms with Crippen LogP contribution in [0.5, 0.6) is 0 Å². The Labute approximate surface area is 218 Å². The van der Waals surface area contributed by atoms with Crippen LogP contribution in [0.3, 0.4) is 0 Å². The molecule has 0 N–H and O–H groups in total. The molecule has 0 atom stereocenters. The van der Waals surface area contributed by atoms with Crippen molar-refractivity contribution in [3.8, 4) is 0 Å². The van der Waals surface area contributed by atoms with E-state index in [0.29, 0.717) is 0 Å². The predicted octanol–water partition coefficient (Wildman–Crippen LogP) is 6.00. The van der Waals surface area contributed by atoms with Gasteiger partial charge in [0.2, 0.25) is 0 Å². The number of thiazole rings is 1. The molecule has 6 rings (SSSR count). The molecule has 0 unspecified atom stereocenters. The van der Waals surface area contributed by atoms with Crippen LogP contribution >= 0.6 is 22.9 Å². The highest BCUT2D eigenvalue weighted by Gasteiger charge is 1.97. The Kier molecular flexibility index (Phi) is 13.1. The van der Waals surface area contributed by atoms with Crippen molar-refractivity contribution in [1.82, 2.24) is 39.7 Å². The Balaban J connectivity index is 0.000000161. The van der Waals surface area contributed by atoms with Crippen LogP contribution < -0.4 is 0 Å². The summed E-state index contributed by atoms with van der Waals surface area (Å²) in [5.74, 6) is 1.55. The fourth-order valence-electron chi connectivity index (χ4n) is 2.25. The van der Waals surface area contributed by atoms with Crippen LogP contribution in [0.1, 0.15) is 27.3 Å². The van der Waals surface area contributed by atoms with E-state index in [1.165, 1.54) is 11.5 Å². The van der Waals surface area contributed by atoms with Gasteiger partial charge in [-0.3, -0.25) is 4.98 Å². The zero-order chi connectivity index (χ0) is 26.0. The number of aryl methyl sites for hydroxylation is 5. The molecule has 36 heavy (non-hydrogen) atoms. The molecular formula is C25H28N8OS2. The summed E-state index contributed by atoms with van der Waals surface area (Å²) in [5, 5.41) is 14.1. The monoisotopic (exact) mass is 520 g/mol. The lowest BCUT2D eigenvalue weighted by atomic mass is 10.3. The van der Waals surface area contributed by atoms with Crippen molar-refractivity contribution in [3.05, 3.63) is 106 Å². The number of hydrogen-bond acceptors (Lipinski definition) is 11. The van der Waals surface area contributed by atoms with Crippen molar-refractivity contribution in [2.45, 2.75) is 34.6 Å². The summed E-state index contributed by atoms with van der Waals surface area (Å²) in [7, 11) is 0. The number of aromatic nitrogens is 8. The molecular weight excluding hydrogens is 492 g/mol. The van der Waals surface area contributed by atoms with E-state index in [9.17, 15) is 0 Å². The Morgan fingerprint density at radius 2 is 1.53 bits per heavy atom. The highest BCUT2D eigenvalue weighted by Crippen LogP contribution is 2.12. The van der Waals surface area contributed by atoms with Crippen LogP contribution in [0, 0.1) is 34.6 Å². The van der Waals surface area contributed by atoms with Crippen molar-refractivity contribution in [2.75, 3.05) is 0 Å². The molecule has 0 amide bonds. The van der Waals surface area contributed by atoms with E-state index in [4.69, 9.17) is 4.42 Å². The molecule has 0 radical (unpaired) electrons. The number of benzene rings is 1. The van der Waals surface area contributed by atoms with Crippen LogP contribution in [0.2, 0.25) is 0 Å². The maximum absolute atomic E-state index is 5.26. The smallest absolute Gasteiger partial charge is 0.192 e. The Hall–Kier alpha value is -3.96. The minimum absolute atomic E-state index is 0.723. The standard InChI is InChI=1S/C8H7NO.2C5H6N2.C4H5NS.C3H4N2S/c1-6-9-7-4-2-3-5-8(7)10-6;1-5-6-3-2-4-7-5;1-5-3-2-4-6-7-5;1-4-5-2-3-6-4;1-3-2-4-5-6-3/h2-5H,1H3;2*2-4H,1H3;2-3H,1H3;2H,1H3. The van der Waals surface area contributed by atoms with Gasteiger partial charge in [-0.2, -0.15) is 10.2 Å². The Morgan fingerprint density at radius 3 is 1.92 bits per heavy atom. The van der Waals surface area contributed by atoms with Crippen molar-refractivity contribution in [1.29, 1.82) is 0 Å². The first-order valence-corrected chi connectivity index (χ1v) is 12.5. The van der Waals surface area contributed by atoms with Crippen LogP contribution in [0.15, 0.2) is 83.2 Å². The average molecular weight is 521 g/mol. The molecule has 5 aromatic heterocycles. The normalized spacial score (nSPS) is 9.25. The van der Waals surface area contributed by atoms with Crippen LogP contribution in [0.4, 0.5) is 0 Å². The first-order valence-electron chi connectivity index (χ1n) is 10.8. The number of rotatable bonds is 0. The third-order valence-electron chi connectivity index (χ3n) is 3.83. The van der Waals surface area contributed by atoms with Gasteiger partial charge in [0.15, 0.2) is 11.5 Å². The fourth-order valence-corrected chi connectivity index (χ4v) is 3.01. The fraction of sp³-hybridized carbons (Fsp3) is 0.200. The van der Waals surface area contributed by atoms with Gasteiger partial charge >= 0.3 is 0 Å². The number of para-hydroxylation sites is 2. The molecule has 0 aliphatic carbocycles. The van der Waals surface area contributed by atoms with E-state index < -0.39 is 0 Å². The van der Waals surface area contributed by atoms with Crippen molar-refractivity contribution < 1.29 is 4.42 Å². The van der Waals surface area contributed by atoms with Crippen LogP contribution in [-0.2, 0) is 0 Å². The van der Waals surface area contributed by atoms with Crippen molar-refractivity contribution >= 4 is 34.0 Å². The largest absolute Gasteiger partial charge is 0.441 e. The molecule has 0 spiro atoms. The minimum Gasteiger partial charge on any atom is -0.441 e. The minimum atomic E-state index is 0.723. The van der Waals surface area contributed by atoms with Crippen LogP contribution in [0.25, 0.3) is 11.1 Å².